The van der Waals surface area contributed by atoms with Crippen LogP contribution >= 0.6 is 23.2 Å². The molecule has 2 nitrogen and oxygen atoms in total. The van der Waals surface area contributed by atoms with Gasteiger partial charge < -0.3 is 10.1 Å². The quantitative estimate of drug-likeness (QED) is 0.553. The number of hydrogen-bond acceptors (Lipinski definition) is 2. The van der Waals surface area contributed by atoms with Crippen LogP contribution in [0, 0.1) is 5.41 Å². The molecule has 0 aliphatic heterocycles. The average molecular weight is 394 g/mol. The van der Waals surface area contributed by atoms with Crippen LogP contribution in [0.4, 0.5) is 0 Å². The van der Waals surface area contributed by atoms with Gasteiger partial charge in [-0.2, -0.15) is 0 Å². The van der Waals surface area contributed by atoms with E-state index < -0.39 is 0 Å². The van der Waals surface area contributed by atoms with E-state index in [1.165, 1.54) is 0 Å². The summed E-state index contributed by atoms with van der Waals surface area (Å²) >= 11 is 12.1. The van der Waals surface area contributed by atoms with E-state index in [4.69, 9.17) is 27.9 Å². The molecule has 0 spiro atoms. The number of hydrogen-bond donors (Lipinski definition) is 1. The summed E-state index contributed by atoms with van der Waals surface area (Å²) < 4.78 is 6.04. The number of nitrogens with one attached hydrogen (secondary N) is 1. The lowest BCUT2D eigenvalue weighted by molar-refractivity contribution is 0.238. The van der Waals surface area contributed by atoms with Crippen molar-refractivity contribution in [1.82, 2.24) is 5.32 Å². The van der Waals surface area contributed by atoms with Gasteiger partial charge in [-0.15, -0.1) is 0 Å². The molecular weight excluding hydrogens is 365 g/mol. The molecule has 0 saturated heterocycles. The Morgan fingerprint density at radius 3 is 2.27 bits per heavy atom. The Morgan fingerprint density at radius 1 is 0.923 bits per heavy atom. The molecule has 1 N–H and O–H groups in total. The summed E-state index contributed by atoms with van der Waals surface area (Å²) in [5.41, 5.74) is 2.47. The van der Waals surface area contributed by atoms with Crippen LogP contribution in [0.1, 0.15) is 52.2 Å². The van der Waals surface area contributed by atoms with Crippen LogP contribution in [-0.4, -0.2) is 5.54 Å². The lowest BCUT2D eigenvalue weighted by atomic mass is 9.82. The summed E-state index contributed by atoms with van der Waals surface area (Å²) in [7, 11) is 0. The van der Waals surface area contributed by atoms with Gasteiger partial charge in [0.15, 0.2) is 0 Å². The smallest absolute Gasteiger partial charge is 0.124 e. The second-order valence-electron chi connectivity index (χ2n) is 8.62. The number of benzene rings is 2. The average Bonchev–Trinajstić information content (AvgIpc) is 2.52. The third-order valence-electron chi connectivity index (χ3n) is 4.08. The molecule has 0 amide bonds. The van der Waals surface area contributed by atoms with Crippen molar-refractivity contribution in [2.24, 2.45) is 5.41 Å². The van der Waals surface area contributed by atoms with E-state index in [2.05, 4.69) is 46.0 Å². The van der Waals surface area contributed by atoms with Crippen molar-refractivity contribution in [3.05, 3.63) is 63.6 Å². The van der Waals surface area contributed by atoms with Crippen LogP contribution in [-0.2, 0) is 13.2 Å². The zero-order valence-corrected chi connectivity index (χ0v) is 17.8. The first-order valence-corrected chi connectivity index (χ1v) is 9.71. The Kier molecular flexibility index (Phi) is 7.01. The summed E-state index contributed by atoms with van der Waals surface area (Å²) in [6.45, 7) is 12.5. The zero-order valence-electron chi connectivity index (χ0n) is 16.3. The molecule has 0 bridgehead atoms. The Hall–Kier alpha value is -1.22. The molecule has 0 heterocycles. The first-order chi connectivity index (χ1) is 12.1. The first kappa shape index (κ1) is 21.1. The maximum atomic E-state index is 6.08. The third-order valence-corrected chi connectivity index (χ3v) is 4.82. The highest BCUT2D eigenvalue weighted by Crippen LogP contribution is 2.28. The van der Waals surface area contributed by atoms with Crippen molar-refractivity contribution < 1.29 is 4.74 Å². The fourth-order valence-corrected chi connectivity index (χ4v) is 3.62. The molecule has 0 atom stereocenters. The summed E-state index contributed by atoms with van der Waals surface area (Å²) in [6, 6.07) is 13.7. The van der Waals surface area contributed by atoms with E-state index in [1.54, 1.807) is 6.07 Å². The fourth-order valence-electron chi connectivity index (χ4n) is 3.30. The van der Waals surface area contributed by atoms with Gasteiger partial charge in [0.05, 0.1) is 10.0 Å². The second kappa shape index (κ2) is 8.65. The highest BCUT2D eigenvalue weighted by molar-refractivity contribution is 6.42. The standard InChI is InChI=1S/C22H29Cl2NO/c1-21(2,3)15-22(4,5)25-13-17-8-6-7-9-20(17)26-14-16-10-11-18(23)19(24)12-16/h6-12,25H,13-15H2,1-5H3. The van der Waals surface area contributed by atoms with E-state index in [1.807, 2.05) is 30.3 Å². The lowest BCUT2D eigenvalue weighted by Crippen LogP contribution is -2.41. The van der Waals surface area contributed by atoms with Crippen LogP contribution < -0.4 is 10.1 Å². The highest BCUT2D eigenvalue weighted by atomic mass is 35.5. The molecule has 0 saturated carbocycles. The van der Waals surface area contributed by atoms with Gasteiger partial charge in [0.1, 0.15) is 12.4 Å². The van der Waals surface area contributed by atoms with Crippen LogP contribution in [0.5, 0.6) is 5.75 Å². The van der Waals surface area contributed by atoms with Gasteiger partial charge in [-0.3, -0.25) is 0 Å². The highest BCUT2D eigenvalue weighted by Gasteiger charge is 2.25. The molecule has 0 aliphatic carbocycles. The molecule has 0 aliphatic rings. The van der Waals surface area contributed by atoms with Crippen molar-refractivity contribution in [2.45, 2.75) is 59.7 Å². The zero-order chi connectivity index (χ0) is 19.4. The van der Waals surface area contributed by atoms with Gasteiger partial charge in [-0.05, 0) is 49.4 Å². The summed E-state index contributed by atoms with van der Waals surface area (Å²) in [5, 5.41) is 4.77. The SMILES string of the molecule is CC(C)(C)CC(C)(C)NCc1ccccc1OCc1ccc(Cl)c(Cl)c1. The molecule has 0 aromatic heterocycles. The second-order valence-corrected chi connectivity index (χ2v) is 9.43. The number of para-hydroxylation sites is 1. The molecule has 0 radical (unpaired) electrons. The monoisotopic (exact) mass is 393 g/mol. The largest absolute Gasteiger partial charge is 0.489 e. The third kappa shape index (κ3) is 6.83. The molecule has 142 valence electrons. The van der Waals surface area contributed by atoms with Crippen molar-refractivity contribution in [3.63, 3.8) is 0 Å². The van der Waals surface area contributed by atoms with E-state index in [-0.39, 0.29) is 11.0 Å². The van der Waals surface area contributed by atoms with E-state index in [0.717, 1.165) is 29.8 Å². The van der Waals surface area contributed by atoms with E-state index >= 15 is 0 Å². The van der Waals surface area contributed by atoms with Gasteiger partial charge in [-0.25, -0.2) is 0 Å². The van der Waals surface area contributed by atoms with Crippen LogP contribution in [0.2, 0.25) is 10.0 Å². The molecule has 4 heteroatoms. The van der Waals surface area contributed by atoms with Gasteiger partial charge in [0.2, 0.25) is 0 Å². The molecule has 2 aromatic carbocycles. The molecule has 0 unspecified atom stereocenters. The maximum absolute atomic E-state index is 6.08. The van der Waals surface area contributed by atoms with Gasteiger partial charge in [0, 0.05) is 17.6 Å². The van der Waals surface area contributed by atoms with Gasteiger partial charge >= 0.3 is 0 Å². The summed E-state index contributed by atoms with van der Waals surface area (Å²) in [4.78, 5) is 0. The number of ether oxygens (including phenoxy) is 1. The van der Waals surface area contributed by atoms with Crippen molar-refractivity contribution in [1.29, 1.82) is 0 Å². The molecule has 0 fully saturated rings. The van der Waals surface area contributed by atoms with Gasteiger partial charge in [0.25, 0.3) is 0 Å². The number of rotatable bonds is 7. The van der Waals surface area contributed by atoms with Crippen LogP contribution in [0.25, 0.3) is 0 Å². The topological polar surface area (TPSA) is 21.3 Å². The summed E-state index contributed by atoms with van der Waals surface area (Å²) in [5.74, 6) is 0.887. The van der Waals surface area contributed by atoms with Crippen LogP contribution in [0.3, 0.4) is 0 Å². The minimum Gasteiger partial charge on any atom is -0.489 e. The van der Waals surface area contributed by atoms with Crippen molar-refractivity contribution in [3.8, 4) is 5.75 Å². The minimum absolute atomic E-state index is 0.0507. The Morgan fingerprint density at radius 2 is 1.62 bits per heavy atom. The van der Waals surface area contributed by atoms with Gasteiger partial charge in [-0.1, -0.05) is 68.2 Å². The normalized spacial score (nSPS) is 12.3. The predicted molar refractivity (Wildman–Crippen MR) is 112 cm³/mol. The maximum Gasteiger partial charge on any atom is 0.124 e. The van der Waals surface area contributed by atoms with Crippen molar-refractivity contribution >= 4 is 23.2 Å². The molecular formula is C22H29Cl2NO. The molecule has 26 heavy (non-hydrogen) atoms. The summed E-state index contributed by atoms with van der Waals surface area (Å²) in [6.07, 6.45) is 1.09. The lowest BCUT2D eigenvalue weighted by Gasteiger charge is -2.33. The Labute approximate surface area is 167 Å². The first-order valence-electron chi connectivity index (χ1n) is 8.95. The molecule has 2 rings (SSSR count). The van der Waals surface area contributed by atoms with E-state index in [0.29, 0.717) is 16.7 Å². The van der Waals surface area contributed by atoms with E-state index in [9.17, 15) is 0 Å². The Bertz CT molecular complexity index is 735. The fraction of sp³-hybridized carbons (Fsp3) is 0.455. The minimum atomic E-state index is 0.0507. The predicted octanol–water partition coefficient (Wildman–Crippen LogP) is 6.88. The van der Waals surface area contributed by atoms with Crippen LogP contribution in [0.15, 0.2) is 42.5 Å². The molecule has 2 aromatic rings. The Balaban J connectivity index is 2.02. The number of halogens is 2. The van der Waals surface area contributed by atoms with Crippen molar-refractivity contribution in [2.75, 3.05) is 0 Å².